The van der Waals surface area contributed by atoms with E-state index in [1.807, 2.05) is 29.4 Å². The zero-order valence-corrected chi connectivity index (χ0v) is 33.5. The van der Waals surface area contributed by atoms with Crippen LogP contribution in [0.5, 0.6) is 0 Å². The smallest absolute Gasteiger partial charge is 0.475 e. The summed E-state index contributed by atoms with van der Waals surface area (Å²) in [6, 6.07) is 12.9. The van der Waals surface area contributed by atoms with Crippen LogP contribution in [0.1, 0.15) is 30.5 Å². The number of imidazole rings is 1. The molecule has 3 aromatic rings. The summed E-state index contributed by atoms with van der Waals surface area (Å²) in [5, 5.41) is 26.5. The van der Waals surface area contributed by atoms with E-state index in [4.69, 9.17) is 40.2 Å². The Morgan fingerprint density at radius 1 is 0.935 bits per heavy atom. The average Bonchev–Trinajstić information content (AvgIpc) is 3.88. The van der Waals surface area contributed by atoms with E-state index in [9.17, 15) is 53.9 Å². The summed E-state index contributed by atoms with van der Waals surface area (Å²) in [5.74, 6) is -8.36. The van der Waals surface area contributed by atoms with Crippen molar-refractivity contribution in [1.29, 1.82) is 0 Å². The average molecular weight is 923 g/mol. The number of rotatable bonds is 14. The third-order valence-corrected chi connectivity index (χ3v) is 8.87. The van der Waals surface area contributed by atoms with Crippen molar-refractivity contribution >= 4 is 58.2 Å². The van der Waals surface area contributed by atoms with Crippen LogP contribution < -0.4 is 11.1 Å². The van der Waals surface area contributed by atoms with E-state index in [1.54, 1.807) is 24.3 Å². The number of carbonyl (C=O) groups excluding carboxylic acids is 3. The number of ether oxygens (including phenoxy) is 1. The van der Waals surface area contributed by atoms with Gasteiger partial charge >= 0.3 is 42.4 Å². The second-order valence-corrected chi connectivity index (χ2v) is 13.8. The maximum atomic E-state index is 13.4. The Balaban J connectivity index is 0.000000751. The zero-order valence-electron chi connectivity index (χ0n) is 32.7. The van der Waals surface area contributed by atoms with Gasteiger partial charge in [0.1, 0.15) is 6.04 Å². The molecular formula is C36H43F9N6O10S. The second-order valence-electron chi connectivity index (χ2n) is 12.8. The molecule has 0 saturated carbocycles. The highest BCUT2D eigenvalue weighted by molar-refractivity contribution is 7.98. The predicted molar refractivity (Wildman–Crippen MR) is 202 cm³/mol. The lowest BCUT2D eigenvalue weighted by molar-refractivity contribution is -0.193. The van der Waals surface area contributed by atoms with E-state index in [1.165, 1.54) is 7.11 Å². The third kappa shape index (κ3) is 19.8. The number of carbonyl (C=O) groups is 6. The number of aromatic amines is 1. The summed E-state index contributed by atoms with van der Waals surface area (Å²) in [4.78, 5) is 76.7. The zero-order chi connectivity index (χ0) is 47.4. The van der Waals surface area contributed by atoms with E-state index in [0.29, 0.717) is 32.5 Å². The second kappa shape index (κ2) is 25.3. The minimum atomic E-state index is -5.08. The molecule has 1 saturated heterocycles. The van der Waals surface area contributed by atoms with Gasteiger partial charge in [0.25, 0.3) is 0 Å². The number of nitrogens with two attached hydrogens (primary N) is 1. The summed E-state index contributed by atoms with van der Waals surface area (Å²) < 4.78 is 100. The van der Waals surface area contributed by atoms with Crippen molar-refractivity contribution in [2.45, 2.75) is 68.9 Å². The fourth-order valence-corrected chi connectivity index (χ4v) is 5.94. The number of aromatic nitrogens is 2. The molecule has 346 valence electrons. The maximum Gasteiger partial charge on any atom is 0.490 e. The topological polar surface area (TPSA) is 246 Å². The molecule has 0 aliphatic carbocycles. The molecule has 0 spiro atoms. The number of hydrogen-bond donors (Lipinski definition) is 6. The van der Waals surface area contributed by atoms with Crippen LogP contribution in [0.4, 0.5) is 39.5 Å². The van der Waals surface area contributed by atoms with Crippen molar-refractivity contribution in [2.24, 2.45) is 5.73 Å². The number of hydrogen-bond acceptors (Lipinski definition) is 11. The molecule has 0 bridgehead atoms. The normalized spacial score (nSPS) is 14.8. The highest BCUT2D eigenvalue weighted by Crippen LogP contribution is 2.24. The SMILES string of the molecule is COC(=O)[C@H](CCSC)NC(=O)CN(Cc1cccc2ccccc12)C[C@@H]1CCCN1C(=O)[C@@H](N)Cc1c[nH]cn1.O=C(O)C(F)(F)F.O=C(O)C(F)(F)F.O=C(O)C(F)(F)F. The first-order valence-corrected chi connectivity index (χ1v) is 19.1. The van der Waals surface area contributed by atoms with Crippen LogP contribution >= 0.6 is 11.8 Å². The van der Waals surface area contributed by atoms with Crippen LogP contribution in [-0.4, -0.2) is 146 Å². The highest BCUT2D eigenvalue weighted by atomic mass is 32.2. The molecule has 0 radical (unpaired) electrons. The number of alkyl halides is 9. The summed E-state index contributed by atoms with van der Waals surface area (Å²) >= 11 is 1.61. The van der Waals surface area contributed by atoms with Gasteiger partial charge in [0, 0.05) is 38.3 Å². The molecule has 1 aromatic heterocycles. The quantitative estimate of drug-likeness (QED) is 0.0979. The van der Waals surface area contributed by atoms with Crippen molar-refractivity contribution in [3.63, 3.8) is 0 Å². The van der Waals surface area contributed by atoms with Gasteiger partial charge < -0.3 is 41.0 Å². The van der Waals surface area contributed by atoms with Crippen molar-refractivity contribution in [1.82, 2.24) is 25.1 Å². The fraction of sp³-hybridized carbons (Fsp3) is 0.472. The van der Waals surface area contributed by atoms with E-state index >= 15 is 0 Å². The minimum absolute atomic E-state index is 0.0772. The minimum Gasteiger partial charge on any atom is -0.475 e. The number of benzene rings is 2. The highest BCUT2D eigenvalue weighted by Gasteiger charge is 2.40. The number of carboxylic acid groups (broad SMARTS) is 3. The number of halogens is 9. The molecule has 2 amide bonds. The van der Waals surface area contributed by atoms with Gasteiger partial charge in [0.2, 0.25) is 11.8 Å². The summed E-state index contributed by atoms with van der Waals surface area (Å²) in [6.45, 7) is 1.73. The van der Waals surface area contributed by atoms with Gasteiger partial charge in [-0.15, -0.1) is 0 Å². The molecule has 4 rings (SSSR count). The van der Waals surface area contributed by atoms with Gasteiger partial charge in [0.15, 0.2) is 0 Å². The van der Waals surface area contributed by atoms with Crippen molar-refractivity contribution in [2.75, 3.05) is 38.8 Å². The number of nitrogens with zero attached hydrogens (tertiary/aromatic N) is 3. The Kier molecular flexibility index (Phi) is 22.2. The molecule has 3 atom stereocenters. The fourth-order valence-electron chi connectivity index (χ4n) is 5.47. The molecule has 1 aliphatic heterocycles. The Hall–Kier alpha value is -5.63. The lowest BCUT2D eigenvalue weighted by Crippen LogP contribution is -2.52. The number of thioether (sulfide) groups is 1. The van der Waals surface area contributed by atoms with E-state index in [0.717, 1.165) is 40.6 Å². The molecule has 2 heterocycles. The number of H-pyrrole nitrogens is 1. The van der Waals surface area contributed by atoms with Crippen molar-refractivity contribution in [3.8, 4) is 0 Å². The molecule has 0 unspecified atom stereocenters. The van der Waals surface area contributed by atoms with Crippen LogP contribution in [-0.2, 0) is 46.5 Å². The number of likely N-dealkylation sites (tertiary alicyclic amines) is 1. The third-order valence-electron chi connectivity index (χ3n) is 8.23. The molecule has 16 nitrogen and oxygen atoms in total. The lowest BCUT2D eigenvalue weighted by atomic mass is 10.0. The van der Waals surface area contributed by atoms with Crippen LogP contribution in [0.15, 0.2) is 55.0 Å². The number of amides is 2. The maximum absolute atomic E-state index is 13.4. The Bertz CT molecular complexity index is 1860. The van der Waals surface area contributed by atoms with Gasteiger partial charge in [-0.05, 0) is 47.6 Å². The van der Waals surface area contributed by atoms with Crippen LogP contribution in [0, 0.1) is 0 Å². The van der Waals surface area contributed by atoms with Gasteiger partial charge in [-0.25, -0.2) is 24.2 Å². The van der Waals surface area contributed by atoms with Gasteiger partial charge in [-0.2, -0.15) is 51.3 Å². The molecule has 2 aromatic carbocycles. The Labute approximate surface area is 350 Å². The number of fused-ring (bicyclic) bond motifs is 1. The first kappa shape index (κ1) is 54.4. The van der Waals surface area contributed by atoms with Crippen LogP contribution in [0.25, 0.3) is 10.8 Å². The van der Waals surface area contributed by atoms with Crippen LogP contribution in [0.2, 0.25) is 0 Å². The molecular weight excluding hydrogens is 879 g/mol. The van der Waals surface area contributed by atoms with Gasteiger partial charge in [-0.3, -0.25) is 14.5 Å². The van der Waals surface area contributed by atoms with Crippen LogP contribution in [0.3, 0.4) is 0 Å². The lowest BCUT2D eigenvalue weighted by Gasteiger charge is -2.32. The van der Waals surface area contributed by atoms with Crippen molar-refractivity contribution < 1.29 is 88.3 Å². The largest absolute Gasteiger partial charge is 0.490 e. The molecule has 1 aliphatic rings. The molecule has 7 N–H and O–H groups in total. The van der Waals surface area contributed by atoms with Gasteiger partial charge in [0.05, 0.1) is 31.7 Å². The first-order chi connectivity index (χ1) is 28.7. The number of esters is 1. The number of aliphatic carboxylic acids is 3. The van der Waals surface area contributed by atoms with Gasteiger partial charge in [-0.1, -0.05) is 42.5 Å². The van der Waals surface area contributed by atoms with E-state index in [2.05, 4.69) is 44.5 Å². The summed E-state index contributed by atoms with van der Waals surface area (Å²) in [7, 11) is 1.33. The summed E-state index contributed by atoms with van der Waals surface area (Å²) in [6.07, 6.45) is -7.42. The van der Waals surface area contributed by atoms with E-state index < -0.39 is 54.5 Å². The number of methoxy groups -OCH3 is 1. The standard InChI is InChI=1S/C30H40N6O4S.3C2HF3O2/c1-40-30(39)27(12-14-41-2)34-28(37)19-35(17-22-9-5-8-21-7-3-4-11-25(21)22)18-24-10-6-13-36(24)29(38)26(31)15-23-16-32-20-33-23;3*3-2(4,5)1(6)7/h3-5,7-9,11,16,20,24,26-27H,6,10,12-15,17-19,31H2,1-2H3,(H,32,33)(H,34,37);3*(H,6,7)/t24-,26-,27-;;;/m0.../s1. The number of carboxylic acids is 3. The summed E-state index contributed by atoms with van der Waals surface area (Å²) in [5.41, 5.74) is 8.15. The van der Waals surface area contributed by atoms with E-state index in [-0.39, 0.29) is 24.4 Å². The molecule has 62 heavy (non-hydrogen) atoms. The Morgan fingerprint density at radius 2 is 1.48 bits per heavy atom. The number of nitrogens with one attached hydrogen (secondary N) is 2. The molecule has 1 fully saturated rings. The monoisotopic (exact) mass is 922 g/mol. The molecule has 26 heteroatoms. The predicted octanol–water partition coefficient (Wildman–Crippen LogP) is 4.24. The Morgan fingerprint density at radius 3 is 1.98 bits per heavy atom. The first-order valence-electron chi connectivity index (χ1n) is 17.7. The van der Waals surface area contributed by atoms with Crippen molar-refractivity contribution in [3.05, 3.63) is 66.2 Å².